The first-order valence-corrected chi connectivity index (χ1v) is 11.7. The Morgan fingerprint density at radius 1 is 1.14 bits per heavy atom. The Morgan fingerprint density at radius 3 is 2.77 bits per heavy atom. The zero-order valence-electron chi connectivity index (χ0n) is 19.6. The summed E-state index contributed by atoms with van der Waals surface area (Å²) in [5.74, 6) is -0.101. The van der Waals surface area contributed by atoms with Gasteiger partial charge in [-0.3, -0.25) is 9.48 Å². The molecule has 0 spiro atoms. The Kier molecular flexibility index (Phi) is 5.29. The third-order valence-corrected chi connectivity index (χ3v) is 6.87. The average molecular weight is 471 g/mol. The number of nitrogens with one attached hydrogen (secondary N) is 2. The molecular formula is C25H26N8O2. The molecular weight excluding hydrogens is 444 g/mol. The summed E-state index contributed by atoms with van der Waals surface area (Å²) >= 11 is 0. The quantitative estimate of drug-likeness (QED) is 0.407. The molecule has 1 amide bonds. The van der Waals surface area contributed by atoms with E-state index < -0.39 is 0 Å². The highest BCUT2D eigenvalue weighted by molar-refractivity contribution is 6.04. The van der Waals surface area contributed by atoms with Crippen LogP contribution in [0.3, 0.4) is 0 Å². The topological polar surface area (TPSA) is 115 Å². The predicted octanol–water partition coefficient (Wildman–Crippen LogP) is 3.36. The van der Waals surface area contributed by atoms with Gasteiger partial charge in [0.2, 0.25) is 0 Å². The first kappa shape index (κ1) is 21.5. The molecule has 1 fully saturated rings. The number of H-pyrrole nitrogens is 1. The number of hydrogen-bond acceptors (Lipinski definition) is 6. The molecule has 1 aliphatic rings. The molecule has 0 aliphatic heterocycles. The average Bonchev–Trinajstić information content (AvgIpc) is 3.62. The Hall–Kier alpha value is -4.05. The molecule has 5 aromatic heterocycles. The molecule has 35 heavy (non-hydrogen) atoms. The van der Waals surface area contributed by atoms with Gasteiger partial charge in [-0.1, -0.05) is 0 Å². The van der Waals surface area contributed by atoms with Crippen molar-refractivity contribution < 1.29 is 9.53 Å². The monoisotopic (exact) mass is 470 g/mol. The standard InChI is InChI=1S/C25H26N8O2/c1-32-13-16(10-29-32)23-22-19(11-26-24(22)28-14-27-23)15-7-8-33-21(9-15)20(12-30-33)25(34)31-17-3-5-18(35-2)6-4-17/h7-14,17-18H,3-6H2,1-2H3,(H,31,34)(H,26,27,28). The number of carbonyl (C=O) groups excluding carboxylic acids is 1. The van der Waals surface area contributed by atoms with E-state index in [1.807, 2.05) is 37.8 Å². The number of hydrogen-bond donors (Lipinski definition) is 2. The van der Waals surface area contributed by atoms with Gasteiger partial charge in [-0.25, -0.2) is 14.5 Å². The second kappa shape index (κ2) is 8.62. The first-order chi connectivity index (χ1) is 17.1. The molecule has 2 N–H and O–H groups in total. The van der Waals surface area contributed by atoms with Gasteiger partial charge < -0.3 is 15.0 Å². The van der Waals surface area contributed by atoms with E-state index in [4.69, 9.17) is 4.74 Å². The van der Waals surface area contributed by atoms with Crippen LogP contribution in [0, 0.1) is 0 Å². The van der Waals surface area contributed by atoms with Crippen LogP contribution in [-0.4, -0.2) is 59.5 Å². The molecule has 0 bridgehead atoms. The fourth-order valence-electron chi connectivity index (χ4n) is 4.98. The summed E-state index contributed by atoms with van der Waals surface area (Å²) in [5.41, 5.74) is 5.66. The second-order valence-corrected chi connectivity index (χ2v) is 9.04. The van der Waals surface area contributed by atoms with Gasteiger partial charge in [-0.2, -0.15) is 10.2 Å². The fraction of sp³-hybridized carbons (Fsp3) is 0.320. The van der Waals surface area contributed by atoms with E-state index in [0.29, 0.717) is 11.7 Å². The van der Waals surface area contributed by atoms with E-state index in [1.165, 1.54) is 0 Å². The van der Waals surface area contributed by atoms with E-state index in [0.717, 1.165) is 64.6 Å². The van der Waals surface area contributed by atoms with Crippen molar-refractivity contribution in [2.75, 3.05) is 7.11 Å². The Morgan fingerprint density at radius 2 is 2.00 bits per heavy atom. The summed E-state index contributed by atoms with van der Waals surface area (Å²) < 4.78 is 8.93. The maximum atomic E-state index is 13.2. The minimum atomic E-state index is -0.101. The molecule has 0 unspecified atom stereocenters. The number of aryl methyl sites for hydroxylation is 1. The van der Waals surface area contributed by atoms with Crippen LogP contribution in [0.5, 0.6) is 0 Å². The highest BCUT2D eigenvalue weighted by Gasteiger charge is 2.24. The van der Waals surface area contributed by atoms with Crippen LogP contribution in [0.1, 0.15) is 36.0 Å². The number of methoxy groups -OCH3 is 1. The van der Waals surface area contributed by atoms with Gasteiger partial charge in [0.15, 0.2) is 0 Å². The summed E-state index contributed by atoms with van der Waals surface area (Å²) in [6.45, 7) is 0. The summed E-state index contributed by atoms with van der Waals surface area (Å²) in [5, 5.41) is 12.8. The molecule has 10 nitrogen and oxygen atoms in total. The number of aromatic nitrogens is 7. The number of aromatic amines is 1. The summed E-state index contributed by atoms with van der Waals surface area (Å²) in [4.78, 5) is 25.4. The molecule has 5 aromatic rings. The number of carbonyl (C=O) groups is 1. The van der Waals surface area contributed by atoms with Crippen molar-refractivity contribution in [3.8, 4) is 22.4 Å². The lowest BCUT2D eigenvalue weighted by Crippen LogP contribution is -2.38. The van der Waals surface area contributed by atoms with Gasteiger partial charge in [-0.15, -0.1) is 0 Å². The highest BCUT2D eigenvalue weighted by Crippen LogP contribution is 2.34. The molecule has 0 atom stereocenters. The summed E-state index contributed by atoms with van der Waals surface area (Å²) in [6, 6.07) is 4.13. The van der Waals surface area contributed by atoms with E-state index in [1.54, 1.807) is 35.0 Å². The van der Waals surface area contributed by atoms with Crippen molar-refractivity contribution in [3.05, 3.63) is 55.0 Å². The van der Waals surface area contributed by atoms with Crippen LogP contribution >= 0.6 is 0 Å². The van der Waals surface area contributed by atoms with Crippen molar-refractivity contribution in [2.45, 2.75) is 37.8 Å². The van der Waals surface area contributed by atoms with Crippen LogP contribution in [0.25, 0.3) is 38.9 Å². The fourth-order valence-corrected chi connectivity index (χ4v) is 4.98. The van der Waals surface area contributed by atoms with Crippen molar-refractivity contribution in [1.82, 2.24) is 39.7 Å². The highest BCUT2D eigenvalue weighted by atomic mass is 16.5. The van der Waals surface area contributed by atoms with E-state index in [-0.39, 0.29) is 11.9 Å². The van der Waals surface area contributed by atoms with Gasteiger partial charge in [0, 0.05) is 49.9 Å². The zero-order chi connectivity index (χ0) is 23.9. The molecule has 0 radical (unpaired) electrons. The summed E-state index contributed by atoms with van der Waals surface area (Å²) in [7, 11) is 3.63. The number of pyridine rings is 1. The molecule has 178 valence electrons. The first-order valence-electron chi connectivity index (χ1n) is 11.7. The van der Waals surface area contributed by atoms with Gasteiger partial charge >= 0.3 is 0 Å². The zero-order valence-corrected chi connectivity index (χ0v) is 19.6. The Bertz CT molecular complexity index is 1520. The normalized spacial score (nSPS) is 18.3. The molecule has 10 heteroatoms. The van der Waals surface area contributed by atoms with Gasteiger partial charge in [-0.05, 0) is 43.4 Å². The SMILES string of the molecule is COC1CCC(NC(=O)c2cnn3ccc(-c4c[nH]c5ncnc(-c6cnn(C)c6)c45)cc23)CC1. The summed E-state index contributed by atoms with van der Waals surface area (Å²) in [6.07, 6.45) is 14.8. The smallest absolute Gasteiger partial charge is 0.255 e. The predicted molar refractivity (Wildman–Crippen MR) is 131 cm³/mol. The minimum absolute atomic E-state index is 0.101. The van der Waals surface area contributed by atoms with Crippen molar-refractivity contribution >= 4 is 22.5 Å². The van der Waals surface area contributed by atoms with E-state index >= 15 is 0 Å². The van der Waals surface area contributed by atoms with Crippen LogP contribution in [0.4, 0.5) is 0 Å². The third-order valence-electron chi connectivity index (χ3n) is 6.87. The van der Waals surface area contributed by atoms with Crippen LogP contribution in [0.2, 0.25) is 0 Å². The van der Waals surface area contributed by atoms with E-state index in [2.05, 4.69) is 30.5 Å². The number of nitrogens with zero attached hydrogens (tertiary/aromatic N) is 6. The minimum Gasteiger partial charge on any atom is -0.381 e. The van der Waals surface area contributed by atoms with Crippen molar-refractivity contribution in [3.63, 3.8) is 0 Å². The van der Waals surface area contributed by atoms with Crippen LogP contribution in [-0.2, 0) is 11.8 Å². The number of rotatable bonds is 5. The molecule has 0 aromatic carbocycles. The second-order valence-electron chi connectivity index (χ2n) is 9.04. The maximum absolute atomic E-state index is 13.2. The molecule has 0 saturated heterocycles. The van der Waals surface area contributed by atoms with Gasteiger partial charge in [0.25, 0.3) is 5.91 Å². The maximum Gasteiger partial charge on any atom is 0.255 e. The number of fused-ring (bicyclic) bond motifs is 2. The lowest BCUT2D eigenvalue weighted by atomic mass is 9.93. The van der Waals surface area contributed by atoms with E-state index in [9.17, 15) is 4.79 Å². The number of ether oxygens (including phenoxy) is 1. The lowest BCUT2D eigenvalue weighted by molar-refractivity contribution is 0.0599. The lowest BCUT2D eigenvalue weighted by Gasteiger charge is -2.28. The Balaban J connectivity index is 1.36. The van der Waals surface area contributed by atoms with Gasteiger partial charge in [0.1, 0.15) is 12.0 Å². The van der Waals surface area contributed by atoms with Crippen molar-refractivity contribution in [1.29, 1.82) is 0 Å². The molecule has 6 rings (SSSR count). The largest absolute Gasteiger partial charge is 0.381 e. The van der Waals surface area contributed by atoms with Gasteiger partial charge in [0.05, 0.1) is 40.7 Å². The molecule has 5 heterocycles. The Labute approximate surface area is 201 Å². The molecule has 1 aliphatic carbocycles. The number of amides is 1. The third kappa shape index (κ3) is 3.85. The van der Waals surface area contributed by atoms with Crippen LogP contribution < -0.4 is 5.32 Å². The molecule has 1 saturated carbocycles. The van der Waals surface area contributed by atoms with Crippen LogP contribution in [0.15, 0.2) is 49.4 Å². The van der Waals surface area contributed by atoms with Crippen molar-refractivity contribution in [2.24, 2.45) is 7.05 Å².